The number of hydrogen-bond acceptors (Lipinski definition) is 4. The summed E-state index contributed by atoms with van der Waals surface area (Å²) in [6.07, 6.45) is 0.897. The Morgan fingerprint density at radius 2 is 2.11 bits per heavy atom. The van der Waals surface area contributed by atoms with Crippen LogP contribution in [0.5, 0.6) is 0 Å². The highest BCUT2D eigenvalue weighted by molar-refractivity contribution is 5.96. The van der Waals surface area contributed by atoms with Gasteiger partial charge in [-0.3, -0.25) is 0 Å². The number of nitrogens with zero attached hydrogens (tertiary/aromatic N) is 2. The largest absolute Gasteiger partial charge is 0.396 e. The molecule has 5 heteroatoms. The summed E-state index contributed by atoms with van der Waals surface area (Å²) in [6, 6.07) is 7.82. The van der Waals surface area contributed by atoms with Crippen molar-refractivity contribution in [3.63, 3.8) is 0 Å². The van der Waals surface area contributed by atoms with E-state index in [0.29, 0.717) is 23.8 Å². The van der Waals surface area contributed by atoms with Crippen molar-refractivity contribution in [3.05, 3.63) is 41.9 Å². The molecular formula is C14H15FN2O2. The van der Waals surface area contributed by atoms with Crippen LogP contribution in [0.25, 0.3) is 11.3 Å². The molecule has 0 atom stereocenters. The number of aromatic nitrogens is 1. The molecule has 19 heavy (non-hydrogen) atoms. The van der Waals surface area contributed by atoms with Gasteiger partial charge < -0.3 is 9.36 Å². The molecule has 0 saturated heterocycles. The van der Waals surface area contributed by atoms with Crippen molar-refractivity contribution < 1.29 is 13.8 Å². The van der Waals surface area contributed by atoms with Gasteiger partial charge in [-0.25, -0.2) is 4.39 Å². The minimum absolute atomic E-state index is 0.279. The van der Waals surface area contributed by atoms with E-state index in [4.69, 9.17) is 9.36 Å². The first kappa shape index (κ1) is 13.3. The molecule has 0 fully saturated rings. The van der Waals surface area contributed by atoms with Crippen LogP contribution in [0.2, 0.25) is 0 Å². The zero-order chi connectivity index (χ0) is 13.7. The summed E-state index contributed by atoms with van der Waals surface area (Å²) in [5.74, 6) is 0.258. The second-order valence-corrected chi connectivity index (χ2v) is 4.09. The summed E-state index contributed by atoms with van der Waals surface area (Å²) in [4.78, 5) is 5.08. The van der Waals surface area contributed by atoms with Crippen molar-refractivity contribution in [2.45, 2.75) is 20.3 Å². The van der Waals surface area contributed by atoms with Crippen LogP contribution in [-0.2, 0) is 4.84 Å². The predicted molar refractivity (Wildman–Crippen MR) is 70.4 cm³/mol. The van der Waals surface area contributed by atoms with Gasteiger partial charge in [-0.1, -0.05) is 17.2 Å². The van der Waals surface area contributed by atoms with Gasteiger partial charge in [0.1, 0.15) is 23.8 Å². The van der Waals surface area contributed by atoms with Crippen molar-refractivity contribution in [2.75, 3.05) is 6.61 Å². The highest BCUT2D eigenvalue weighted by Gasteiger charge is 2.09. The van der Waals surface area contributed by atoms with Gasteiger partial charge in [0.2, 0.25) is 0 Å². The minimum atomic E-state index is -0.279. The van der Waals surface area contributed by atoms with Crippen LogP contribution in [0.15, 0.2) is 40.0 Å². The summed E-state index contributed by atoms with van der Waals surface area (Å²) in [6.45, 7) is 4.35. The number of hydrogen-bond donors (Lipinski definition) is 0. The quantitative estimate of drug-likeness (QED) is 0.469. The van der Waals surface area contributed by atoms with E-state index in [1.165, 1.54) is 12.1 Å². The van der Waals surface area contributed by atoms with Crippen LogP contribution in [0.4, 0.5) is 4.39 Å². The molecule has 0 aliphatic carbocycles. The molecular weight excluding hydrogens is 247 g/mol. The second-order valence-electron chi connectivity index (χ2n) is 4.09. The van der Waals surface area contributed by atoms with Crippen LogP contribution in [0.1, 0.15) is 26.0 Å². The molecule has 0 aliphatic heterocycles. The molecule has 0 radical (unpaired) electrons. The van der Waals surface area contributed by atoms with E-state index in [1.54, 1.807) is 25.1 Å². The standard InChI is InChI=1S/C14H15FN2O2/c1-3-8-18-16-10(2)14-9-13(17-19-14)11-4-6-12(15)7-5-11/h4-7,9H,3,8H2,1-2H3. The molecule has 100 valence electrons. The van der Waals surface area contributed by atoms with Gasteiger partial charge in [0.25, 0.3) is 0 Å². The Morgan fingerprint density at radius 3 is 2.79 bits per heavy atom. The molecule has 4 nitrogen and oxygen atoms in total. The molecule has 0 aliphatic rings. The molecule has 2 aromatic rings. The van der Waals surface area contributed by atoms with Crippen molar-refractivity contribution in [2.24, 2.45) is 5.16 Å². The summed E-state index contributed by atoms with van der Waals surface area (Å²) in [5, 5.41) is 7.86. The highest BCUT2D eigenvalue weighted by atomic mass is 19.1. The first-order valence-electron chi connectivity index (χ1n) is 6.10. The molecule has 1 heterocycles. The van der Waals surface area contributed by atoms with Gasteiger partial charge in [0.05, 0.1) is 0 Å². The van der Waals surface area contributed by atoms with Crippen LogP contribution >= 0.6 is 0 Å². The van der Waals surface area contributed by atoms with Gasteiger partial charge in [-0.05, 0) is 37.6 Å². The maximum absolute atomic E-state index is 12.8. The number of benzene rings is 1. The Kier molecular flexibility index (Phi) is 4.28. The molecule has 0 spiro atoms. The molecule has 1 aromatic carbocycles. The summed E-state index contributed by atoms with van der Waals surface area (Å²) < 4.78 is 18.0. The van der Waals surface area contributed by atoms with Crippen LogP contribution in [0.3, 0.4) is 0 Å². The highest BCUT2D eigenvalue weighted by Crippen LogP contribution is 2.19. The first-order valence-corrected chi connectivity index (χ1v) is 6.10. The van der Waals surface area contributed by atoms with Crippen molar-refractivity contribution in [1.82, 2.24) is 5.16 Å². The lowest BCUT2D eigenvalue weighted by Gasteiger charge is -1.96. The molecule has 0 unspecified atom stereocenters. The molecule has 0 bridgehead atoms. The van der Waals surface area contributed by atoms with E-state index in [2.05, 4.69) is 10.3 Å². The van der Waals surface area contributed by atoms with Gasteiger partial charge >= 0.3 is 0 Å². The zero-order valence-electron chi connectivity index (χ0n) is 10.9. The first-order chi connectivity index (χ1) is 9.20. The topological polar surface area (TPSA) is 47.6 Å². The molecule has 0 amide bonds. The fourth-order valence-electron chi connectivity index (χ4n) is 1.48. The fourth-order valence-corrected chi connectivity index (χ4v) is 1.48. The number of halogens is 1. The lowest BCUT2D eigenvalue weighted by Crippen LogP contribution is -1.94. The van der Waals surface area contributed by atoms with E-state index < -0.39 is 0 Å². The van der Waals surface area contributed by atoms with Crippen LogP contribution < -0.4 is 0 Å². The molecule has 0 N–H and O–H groups in total. The SMILES string of the molecule is CCCON=C(C)c1cc(-c2ccc(F)cc2)no1. The molecule has 1 aromatic heterocycles. The number of rotatable bonds is 5. The number of oxime groups is 1. The van der Waals surface area contributed by atoms with Gasteiger partial charge in [0, 0.05) is 11.6 Å². The van der Waals surface area contributed by atoms with Gasteiger partial charge in [-0.15, -0.1) is 0 Å². The Bertz CT molecular complexity index is 561. The monoisotopic (exact) mass is 262 g/mol. The lowest BCUT2D eigenvalue weighted by atomic mass is 10.1. The Labute approximate surface area is 110 Å². The van der Waals surface area contributed by atoms with Crippen LogP contribution in [-0.4, -0.2) is 17.5 Å². The van der Waals surface area contributed by atoms with E-state index in [1.807, 2.05) is 6.92 Å². The minimum Gasteiger partial charge on any atom is -0.396 e. The average molecular weight is 262 g/mol. The normalized spacial score (nSPS) is 11.6. The molecule has 2 rings (SSSR count). The third kappa shape index (κ3) is 3.40. The maximum atomic E-state index is 12.8. The predicted octanol–water partition coefficient (Wildman–Crippen LogP) is 3.63. The summed E-state index contributed by atoms with van der Waals surface area (Å²) in [7, 11) is 0. The van der Waals surface area contributed by atoms with Crippen molar-refractivity contribution in [1.29, 1.82) is 0 Å². The zero-order valence-corrected chi connectivity index (χ0v) is 10.9. The van der Waals surface area contributed by atoms with E-state index in [0.717, 1.165) is 12.0 Å². The molecule has 0 saturated carbocycles. The Morgan fingerprint density at radius 1 is 1.37 bits per heavy atom. The van der Waals surface area contributed by atoms with E-state index in [-0.39, 0.29) is 5.82 Å². The summed E-state index contributed by atoms with van der Waals surface area (Å²) in [5.41, 5.74) is 2.05. The van der Waals surface area contributed by atoms with E-state index in [9.17, 15) is 4.39 Å². The maximum Gasteiger partial charge on any atom is 0.184 e. The lowest BCUT2D eigenvalue weighted by molar-refractivity contribution is 0.144. The smallest absolute Gasteiger partial charge is 0.184 e. The third-order valence-electron chi connectivity index (χ3n) is 2.50. The average Bonchev–Trinajstić information content (AvgIpc) is 2.89. The van der Waals surface area contributed by atoms with Crippen LogP contribution in [0, 0.1) is 5.82 Å². The third-order valence-corrected chi connectivity index (χ3v) is 2.50. The van der Waals surface area contributed by atoms with Gasteiger partial charge in [0.15, 0.2) is 5.76 Å². The van der Waals surface area contributed by atoms with E-state index >= 15 is 0 Å². The van der Waals surface area contributed by atoms with Gasteiger partial charge in [-0.2, -0.15) is 0 Å². The second kappa shape index (κ2) is 6.13. The fraction of sp³-hybridized carbons (Fsp3) is 0.286. The summed E-state index contributed by atoms with van der Waals surface area (Å²) >= 11 is 0. The van der Waals surface area contributed by atoms with Crippen molar-refractivity contribution in [3.8, 4) is 11.3 Å². The van der Waals surface area contributed by atoms with Crippen molar-refractivity contribution >= 4 is 5.71 Å². The Hall–Kier alpha value is -2.17. The Balaban J connectivity index is 2.14.